The molecule has 1 aliphatic rings. The molecule has 0 unspecified atom stereocenters. The van der Waals surface area contributed by atoms with Gasteiger partial charge in [-0.05, 0) is 51.9 Å². The number of hydrogen-bond donors (Lipinski definition) is 0. The predicted octanol–water partition coefficient (Wildman–Crippen LogP) is 10.9. The summed E-state index contributed by atoms with van der Waals surface area (Å²) in [5.41, 5.74) is 13.2. The second kappa shape index (κ2) is 9.93. The highest BCUT2D eigenvalue weighted by Gasteiger charge is 2.37. The molecular weight excluding hydrogens is 585 g/mol. The Kier molecular flexibility index (Phi) is 5.59. The Bertz CT molecular complexity index is 2760. The second-order valence-electron chi connectivity index (χ2n) is 13.3. The maximum Gasteiger partial charge on any atom is 0.161 e. The molecule has 0 atom stereocenters. The van der Waals surface area contributed by atoms with Gasteiger partial charge < -0.3 is 0 Å². The number of fused-ring (bicyclic) bond motifs is 10. The number of rotatable bonds is 3. The Morgan fingerprint density at radius 1 is 0.521 bits per heavy atom. The van der Waals surface area contributed by atoms with Gasteiger partial charge in [-0.3, -0.25) is 0 Å². The van der Waals surface area contributed by atoms with Crippen molar-refractivity contribution in [1.29, 1.82) is 0 Å². The van der Waals surface area contributed by atoms with E-state index >= 15 is 0 Å². The largest absolute Gasteiger partial charge is 0.247 e. The van der Waals surface area contributed by atoms with Gasteiger partial charge in [-0.1, -0.05) is 135 Å². The fraction of sp³-hybridized carbons (Fsp3) is 0.0682. The molecule has 3 heterocycles. The van der Waals surface area contributed by atoms with E-state index in [1.807, 2.05) is 16.6 Å². The summed E-state index contributed by atoms with van der Waals surface area (Å²) in [5, 5.41) is 9.82. The SMILES string of the molecule is CC1(C)c2ccccc2-c2ccc3c(-c4cccc(-c5nc6ccccc6c6cc(-c7ccccc7)nn56)c4)nc4ccccc4c3c21. The van der Waals surface area contributed by atoms with Crippen LogP contribution in [0.3, 0.4) is 0 Å². The lowest BCUT2D eigenvalue weighted by atomic mass is 9.79. The van der Waals surface area contributed by atoms with Crippen LogP contribution in [0.2, 0.25) is 0 Å². The van der Waals surface area contributed by atoms with Crippen molar-refractivity contribution in [3.8, 4) is 45.0 Å². The smallest absolute Gasteiger partial charge is 0.161 e. The topological polar surface area (TPSA) is 43.1 Å². The number of benzene rings is 6. The van der Waals surface area contributed by atoms with Crippen molar-refractivity contribution in [2.75, 3.05) is 0 Å². The molecule has 48 heavy (non-hydrogen) atoms. The molecule has 6 aromatic carbocycles. The molecule has 1 aliphatic carbocycles. The Hall–Kier alpha value is -6.13. The van der Waals surface area contributed by atoms with Gasteiger partial charge in [-0.25, -0.2) is 14.5 Å². The van der Waals surface area contributed by atoms with E-state index < -0.39 is 0 Å². The Morgan fingerprint density at radius 2 is 1.21 bits per heavy atom. The lowest BCUT2D eigenvalue weighted by molar-refractivity contribution is 0.666. The molecule has 0 fully saturated rings. The van der Waals surface area contributed by atoms with Gasteiger partial charge >= 0.3 is 0 Å². The average molecular weight is 615 g/mol. The summed E-state index contributed by atoms with van der Waals surface area (Å²) in [6.07, 6.45) is 0. The minimum absolute atomic E-state index is 0.147. The summed E-state index contributed by atoms with van der Waals surface area (Å²) in [4.78, 5) is 10.5. The van der Waals surface area contributed by atoms with Gasteiger partial charge in [-0.15, -0.1) is 0 Å². The molecule has 0 radical (unpaired) electrons. The van der Waals surface area contributed by atoms with Gasteiger partial charge in [0.15, 0.2) is 5.82 Å². The lowest BCUT2D eigenvalue weighted by Crippen LogP contribution is -2.15. The lowest BCUT2D eigenvalue weighted by Gasteiger charge is -2.24. The maximum absolute atomic E-state index is 5.34. The first-order valence-corrected chi connectivity index (χ1v) is 16.5. The summed E-state index contributed by atoms with van der Waals surface area (Å²) < 4.78 is 2.00. The normalized spacial score (nSPS) is 13.4. The zero-order valence-corrected chi connectivity index (χ0v) is 26.6. The van der Waals surface area contributed by atoms with Crippen LogP contribution in [-0.2, 0) is 5.41 Å². The van der Waals surface area contributed by atoms with Crippen LogP contribution in [0.15, 0.2) is 146 Å². The molecule has 10 rings (SSSR count). The van der Waals surface area contributed by atoms with Gasteiger partial charge in [0.05, 0.1) is 27.9 Å². The van der Waals surface area contributed by atoms with Crippen LogP contribution in [-0.4, -0.2) is 19.6 Å². The monoisotopic (exact) mass is 614 g/mol. The van der Waals surface area contributed by atoms with E-state index in [-0.39, 0.29) is 5.41 Å². The molecule has 0 saturated heterocycles. The van der Waals surface area contributed by atoms with Gasteiger partial charge in [0.1, 0.15) is 0 Å². The van der Waals surface area contributed by atoms with Crippen molar-refractivity contribution in [3.05, 3.63) is 157 Å². The number of pyridine rings is 1. The number of para-hydroxylation sites is 2. The Balaban J connectivity index is 1.23. The van der Waals surface area contributed by atoms with Crippen molar-refractivity contribution >= 4 is 38.1 Å². The molecule has 9 aromatic rings. The third-order valence-corrected chi connectivity index (χ3v) is 10.2. The number of nitrogens with zero attached hydrogens (tertiary/aromatic N) is 4. The first-order chi connectivity index (χ1) is 23.6. The average Bonchev–Trinajstić information content (AvgIpc) is 3.69. The minimum Gasteiger partial charge on any atom is -0.247 e. The predicted molar refractivity (Wildman–Crippen MR) is 197 cm³/mol. The molecular formula is C44H30N4. The fourth-order valence-corrected chi connectivity index (χ4v) is 7.96. The molecule has 226 valence electrons. The highest BCUT2D eigenvalue weighted by Crippen LogP contribution is 2.53. The highest BCUT2D eigenvalue weighted by molar-refractivity contribution is 6.15. The molecule has 4 heteroatoms. The summed E-state index contributed by atoms with van der Waals surface area (Å²) in [6, 6.07) is 51.5. The van der Waals surface area contributed by atoms with Crippen LogP contribution >= 0.6 is 0 Å². The van der Waals surface area contributed by atoms with Crippen LogP contribution in [0.5, 0.6) is 0 Å². The molecule has 0 amide bonds. The standard InChI is InChI=1S/C44H30N4/c1-44(2)35-20-9-6-17-30(35)31-23-24-34-40(41(31)44)33-19-8-11-22-37(33)45-42(34)28-15-12-16-29(25-28)43-46-36-21-10-7-18-32(36)39-26-38(47-48(39)43)27-13-4-3-5-14-27/h3-26H,1-2H3. The van der Waals surface area contributed by atoms with Gasteiger partial charge in [0.2, 0.25) is 0 Å². The van der Waals surface area contributed by atoms with E-state index in [1.54, 1.807) is 0 Å². The van der Waals surface area contributed by atoms with Crippen molar-refractivity contribution in [2.24, 2.45) is 0 Å². The van der Waals surface area contributed by atoms with E-state index in [0.717, 1.165) is 61.2 Å². The molecule has 0 saturated carbocycles. The van der Waals surface area contributed by atoms with Gasteiger partial charge in [-0.2, -0.15) is 5.10 Å². The third kappa shape index (κ3) is 3.80. The Morgan fingerprint density at radius 3 is 2.06 bits per heavy atom. The molecule has 0 bridgehead atoms. The van der Waals surface area contributed by atoms with Crippen molar-refractivity contribution in [2.45, 2.75) is 19.3 Å². The first-order valence-electron chi connectivity index (χ1n) is 16.5. The van der Waals surface area contributed by atoms with Crippen molar-refractivity contribution in [3.63, 3.8) is 0 Å². The van der Waals surface area contributed by atoms with E-state index in [0.29, 0.717) is 0 Å². The summed E-state index contributed by atoms with van der Waals surface area (Å²) in [5.74, 6) is 0.801. The zero-order valence-electron chi connectivity index (χ0n) is 26.6. The summed E-state index contributed by atoms with van der Waals surface area (Å²) in [7, 11) is 0. The quantitative estimate of drug-likeness (QED) is 0.186. The summed E-state index contributed by atoms with van der Waals surface area (Å²) in [6.45, 7) is 4.72. The first kappa shape index (κ1) is 27.0. The number of aromatic nitrogens is 4. The van der Waals surface area contributed by atoms with E-state index in [1.165, 1.54) is 33.0 Å². The fourth-order valence-electron chi connectivity index (χ4n) is 7.96. The minimum atomic E-state index is -0.147. The van der Waals surface area contributed by atoms with Gasteiger partial charge in [0, 0.05) is 38.3 Å². The van der Waals surface area contributed by atoms with Crippen LogP contribution < -0.4 is 0 Å². The highest BCUT2D eigenvalue weighted by atomic mass is 15.3. The van der Waals surface area contributed by atoms with E-state index in [4.69, 9.17) is 15.1 Å². The van der Waals surface area contributed by atoms with Crippen LogP contribution in [0.1, 0.15) is 25.0 Å². The number of hydrogen-bond acceptors (Lipinski definition) is 3. The maximum atomic E-state index is 5.34. The second-order valence-corrected chi connectivity index (χ2v) is 13.3. The summed E-state index contributed by atoms with van der Waals surface area (Å²) >= 11 is 0. The molecule has 0 spiro atoms. The van der Waals surface area contributed by atoms with Crippen molar-refractivity contribution in [1.82, 2.24) is 19.6 Å². The van der Waals surface area contributed by atoms with Crippen LogP contribution in [0, 0.1) is 0 Å². The zero-order chi connectivity index (χ0) is 32.0. The molecule has 0 N–H and O–H groups in total. The Labute approximate surface area is 278 Å². The third-order valence-electron chi connectivity index (χ3n) is 10.2. The van der Waals surface area contributed by atoms with Gasteiger partial charge in [0.25, 0.3) is 0 Å². The molecule has 0 aliphatic heterocycles. The van der Waals surface area contributed by atoms with Crippen molar-refractivity contribution < 1.29 is 0 Å². The van der Waals surface area contributed by atoms with E-state index in [9.17, 15) is 0 Å². The molecule has 4 nitrogen and oxygen atoms in total. The van der Waals surface area contributed by atoms with Crippen LogP contribution in [0.25, 0.3) is 83.1 Å². The van der Waals surface area contributed by atoms with Crippen LogP contribution in [0.4, 0.5) is 0 Å². The molecule has 3 aromatic heterocycles. The van der Waals surface area contributed by atoms with E-state index in [2.05, 4.69) is 147 Å².